The Hall–Kier alpha value is -3.43. The van der Waals surface area contributed by atoms with Gasteiger partial charge in [0.2, 0.25) is 0 Å². The Bertz CT molecular complexity index is 1020. The van der Waals surface area contributed by atoms with Gasteiger partial charge in [-0.25, -0.2) is 9.48 Å². The number of esters is 2. The van der Waals surface area contributed by atoms with Crippen LogP contribution in [-0.2, 0) is 30.4 Å². The number of carbonyl (C=O) groups is 3. The molecule has 1 amide bonds. The molecule has 2 atom stereocenters. The average molecular weight is 405 g/mol. The molecule has 0 radical (unpaired) electrons. The highest BCUT2D eigenvalue weighted by Crippen LogP contribution is 2.09. The molecule has 0 aliphatic rings. The second kappa shape index (κ2) is 9.67. The second-order valence-corrected chi connectivity index (χ2v) is 6.49. The van der Waals surface area contributed by atoms with E-state index in [-0.39, 0.29) is 16.7 Å². The van der Waals surface area contributed by atoms with Gasteiger partial charge in [0.05, 0.1) is 17.9 Å². The molecule has 2 N–H and O–H groups in total. The Labute approximate surface area is 165 Å². The van der Waals surface area contributed by atoms with Crippen LogP contribution in [0.25, 0.3) is 10.8 Å². The van der Waals surface area contributed by atoms with Gasteiger partial charge in [0.15, 0.2) is 6.61 Å². The van der Waals surface area contributed by atoms with E-state index in [1.807, 2.05) is 6.92 Å². The highest BCUT2D eigenvalue weighted by Gasteiger charge is 2.27. The fourth-order valence-corrected chi connectivity index (χ4v) is 2.69. The summed E-state index contributed by atoms with van der Waals surface area (Å²) in [5, 5.41) is 5.14. The smallest absolute Gasteiger partial charge is 0.328 e. The summed E-state index contributed by atoms with van der Waals surface area (Å²) in [6.45, 7) is 2.42. The van der Waals surface area contributed by atoms with Crippen molar-refractivity contribution in [1.82, 2.24) is 15.1 Å². The summed E-state index contributed by atoms with van der Waals surface area (Å²) >= 11 is 0. The van der Waals surface area contributed by atoms with Crippen LogP contribution in [-0.4, -0.2) is 47.4 Å². The Morgan fingerprint density at radius 2 is 1.83 bits per heavy atom. The fourth-order valence-electron chi connectivity index (χ4n) is 2.69. The zero-order chi connectivity index (χ0) is 21.6. The Balaban J connectivity index is 2.01. The van der Waals surface area contributed by atoms with E-state index in [9.17, 15) is 24.0 Å². The van der Waals surface area contributed by atoms with Crippen LogP contribution in [0, 0.1) is 5.92 Å². The van der Waals surface area contributed by atoms with E-state index in [1.54, 1.807) is 19.1 Å². The highest BCUT2D eigenvalue weighted by molar-refractivity contribution is 5.86. The van der Waals surface area contributed by atoms with Crippen LogP contribution < -0.4 is 16.4 Å². The third-order valence-electron chi connectivity index (χ3n) is 4.52. The van der Waals surface area contributed by atoms with Crippen LogP contribution >= 0.6 is 0 Å². The van der Waals surface area contributed by atoms with Crippen LogP contribution in [0.15, 0.2) is 33.9 Å². The van der Waals surface area contributed by atoms with Crippen molar-refractivity contribution in [2.24, 2.45) is 5.92 Å². The number of aromatic nitrogens is 2. The monoisotopic (exact) mass is 405 g/mol. The van der Waals surface area contributed by atoms with Crippen molar-refractivity contribution < 1.29 is 23.9 Å². The molecule has 1 aromatic heterocycles. The van der Waals surface area contributed by atoms with Crippen molar-refractivity contribution in [2.75, 3.05) is 13.7 Å². The predicted octanol–water partition coefficient (Wildman–Crippen LogP) is -0.0631. The van der Waals surface area contributed by atoms with Gasteiger partial charge in [0.25, 0.3) is 17.0 Å². The van der Waals surface area contributed by atoms with Crippen LogP contribution in [0.1, 0.15) is 20.3 Å². The van der Waals surface area contributed by atoms with Gasteiger partial charge < -0.3 is 14.8 Å². The number of rotatable bonds is 8. The molecule has 10 nitrogen and oxygen atoms in total. The number of ether oxygens (including phenoxy) is 2. The molecule has 0 bridgehead atoms. The fraction of sp³-hybridized carbons (Fsp3) is 0.421. The van der Waals surface area contributed by atoms with Gasteiger partial charge in [-0.1, -0.05) is 32.4 Å². The molecule has 29 heavy (non-hydrogen) atoms. The number of nitrogens with one attached hydrogen (secondary N) is 2. The lowest BCUT2D eigenvalue weighted by Gasteiger charge is -2.21. The van der Waals surface area contributed by atoms with Crippen molar-refractivity contribution >= 4 is 28.6 Å². The van der Waals surface area contributed by atoms with Gasteiger partial charge in [-0.2, -0.15) is 0 Å². The van der Waals surface area contributed by atoms with Crippen molar-refractivity contribution in [1.29, 1.82) is 0 Å². The largest absolute Gasteiger partial charge is 0.467 e. The summed E-state index contributed by atoms with van der Waals surface area (Å²) in [5.74, 6) is -2.36. The molecular formula is C19H23N3O7. The molecule has 0 saturated carbocycles. The number of benzene rings is 1. The lowest BCUT2D eigenvalue weighted by Crippen LogP contribution is -2.47. The minimum Gasteiger partial charge on any atom is -0.467 e. The third kappa shape index (κ3) is 5.31. The number of aromatic amines is 1. The number of hydrogen-bond acceptors (Lipinski definition) is 7. The minimum absolute atomic E-state index is 0.163. The van der Waals surface area contributed by atoms with E-state index >= 15 is 0 Å². The van der Waals surface area contributed by atoms with Gasteiger partial charge >= 0.3 is 11.9 Å². The van der Waals surface area contributed by atoms with E-state index < -0.39 is 48.2 Å². The maximum atomic E-state index is 12.4. The molecule has 0 spiro atoms. The zero-order valence-corrected chi connectivity index (χ0v) is 16.4. The number of fused-ring (bicyclic) bond motifs is 1. The summed E-state index contributed by atoms with van der Waals surface area (Å²) in [4.78, 5) is 60.2. The quantitative estimate of drug-likeness (QED) is 0.587. The maximum Gasteiger partial charge on any atom is 0.328 e. The predicted molar refractivity (Wildman–Crippen MR) is 103 cm³/mol. The van der Waals surface area contributed by atoms with Crippen molar-refractivity contribution in [2.45, 2.75) is 32.9 Å². The first-order chi connectivity index (χ1) is 13.8. The highest BCUT2D eigenvalue weighted by atomic mass is 16.5. The summed E-state index contributed by atoms with van der Waals surface area (Å²) in [6, 6.07) is 5.33. The average Bonchev–Trinajstić information content (AvgIpc) is 2.73. The summed E-state index contributed by atoms with van der Waals surface area (Å²) < 4.78 is 10.3. The molecule has 0 fully saturated rings. The first-order valence-corrected chi connectivity index (χ1v) is 9.03. The molecule has 0 aliphatic carbocycles. The molecule has 1 aromatic carbocycles. The third-order valence-corrected chi connectivity index (χ3v) is 4.52. The number of amides is 1. The number of nitrogens with zero attached hydrogens (tertiary/aromatic N) is 1. The molecule has 0 aliphatic heterocycles. The lowest BCUT2D eigenvalue weighted by molar-refractivity contribution is -0.151. The van der Waals surface area contributed by atoms with Crippen LogP contribution in [0.3, 0.4) is 0 Å². The summed E-state index contributed by atoms with van der Waals surface area (Å²) in [6.07, 6.45) is 0.623. The number of hydrogen-bond donors (Lipinski definition) is 2. The summed E-state index contributed by atoms with van der Waals surface area (Å²) in [7, 11) is 1.21. The molecule has 2 aromatic rings. The van der Waals surface area contributed by atoms with E-state index in [0.29, 0.717) is 6.42 Å². The van der Waals surface area contributed by atoms with Gasteiger partial charge in [-0.3, -0.25) is 24.3 Å². The van der Waals surface area contributed by atoms with Crippen molar-refractivity contribution in [3.05, 3.63) is 45.0 Å². The topological polar surface area (TPSA) is 137 Å². The number of H-pyrrole nitrogens is 1. The number of methoxy groups -OCH3 is 1. The Morgan fingerprint density at radius 1 is 1.17 bits per heavy atom. The Kier molecular flexibility index (Phi) is 7.29. The first kappa shape index (κ1) is 21.9. The van der Waals surface area contributed by atoms with Gasteiger partial charge in [0, 0.05) is 0 Å². The maximum absolute atomic E-state index is 12.4. The van der Waals surface area contributed by atoms with Gasteiger partial charge in [0.1, 0.15) is 12.6 Å². The number of carbonyl (C=O) groups excluding carboxylic acids is 3. The molecule has 156 valence electrons. The van der Waals surface area contributed by atoms with Crippen molar-refractivity contribution in [3.8, 4) is 0 Å². The standard InChI is InChI=1S/C19H23N3O7/c1-4-11(2)16(19(27)28-3)20-14(23)10-29-15(24)9-22-18(26)13-8-6-5-7-12(13)17(25)21-22/h5-8,11,16H,4,9-10H2,1-3H3,(H,20,23)(H,21,25)/t11-,16-/m0/s1. The normalized spacial score (nSPS) is 12.8. The minimum atomic E-state index is -0.897. The van der Waals surface area contributed by atoms with Gasteiger partial charge in [-0.05, 0) is 18.1 Å². The molecule has 2 rings (SSSR count). The van der Waals surface area contributed by atoms with Crippen LogP contribution in [0.4, 0.5) is 0 Å². The molecular weight excluding hydrogens is 382 g/mol. The van der Waals surface area contributed by atoms with Crippen molar-refractivity contribution in [3.63, 3.8) is 0 Å². The van der Waals surface area contributed by atoms with Gasteiger partial charge in [-0.15, -0.1) is 0 Å². The lowest BCUT2D eigenvalue weighted by atomic mass is 9.99. The first-order valence-electron chi connectivity index (χ1n) is 9.03. The SMILES string of the molecule is CC[C@H](C)[C@H](NC(=O)COC(=O)Cn1[nH]c(=O)c2ccccc2c1=O)C(=O)OC. The van der Waals surface area contributed by atoms with E-state index in [4.69, 9.17) is 4.74 Å². The molecule has 0 unspecified atom stereocenters. The summed E-state index contributed by atoms with van der Waals surface area (Å²) in [5.41, 5.74) is -1.09. The van der Waals surface area contributed by atoms with E-state index in [2.05, 4.69) is 15.2 Å². The van der Waals surface area contributed by atoms with Crippen LogP contribution in [0.2, 0.25) is 0 Å². The second-order valence-electron chi connectivity index (χ2n) is 6.49. The van der Waals surface area contributed by atoms with E-state index in [0.717, 1.165) is 4.68 Å². The molecule has 0 saturated heterocycles. The van der Waals surface area contributed by atoms with Crippen LogP contribution in [0.5, 0.6) is 0 Å². The molecule has 10 heteroatoms. The van der Waals surface area contributed by atoms with E-state index in [1.165, 1.54) is 19.2 Å². The zero-order valence-electron chi connectivity index (χ0n) is 16.4. The molecule has 1 heterocycles. The Morgan fingerprint density at radius 3 is 2.45 bits per heavy atom.